The van der Waals surface area contributed by atoms with Crippen molar-refractivity contribution in [2.45, 2.75) is 129 Å². The van der Waals surface area contributed by atoms with Crippen molar-refractivity contribution in [2.75, 3.05) is 73.6 Å². The lowest BCUT2D eigenvalue weighted by molar-refractivity contribution is -0.136. The fraction of sp³-hybridized carbons (Fsp3) is 0.615. The van der Waals surface area contributed by atoms with Gasteiger partial charge in [-0.15, -0.1) is 0 Å². The molecule has 66 heavy (non-hydrogen) atoms. The Labute approximate surface area is 394 Å². The summed E-state index contributed by atoms with van der Waals surface area (Å²) < 4.78 is 12.1. The third-order valence-corrected chi connectivity index (χ3v) is 13.6. The molecule has 2 aromatic carbocycles. The van der Waals surface area contributed by atoms with Gasteiger partial charge in [0.1, 0.15) is 18.1 Å². The molecule has 362 valence electrons. The fourth-order valence-electron chi connectivity index (χ4n) is 10.0. The van der Waals surface area contributed by atoms with E-state index in [1.165, 1.54) is 22.5 Å². The van der Waals surface area contributed by atoms with Crippen molar-refractivity contribution in [3.05, 3.63) is 95.1 Å². The Balaban J connectivity index is 0.876. The van der Waals surface area contributed by atoms with E-state index in [2.05, 4.69) is 97.6 Å². The summed E-state index contributed by atoms with van der Waals surface area (Å²) in [5.41, 5.74) is 6.20. The number of benzene rings is 2. The molecule has 2 aromatic heterocycles. The van der Waals surface area contributed by atoms with Crippen molar-refractivity contribution in [2.24, 2.45) is 5.92 Å². The third kappa shape index (κ3) is 15.4. The number of ether oxygens (including phenoxy) is 2. The van der Waals surface area contributed by atoms with E-state index in [0.29, 0.717) is 50.4 Å². The van der Waals surface area contributed by atoms with E-state index in [0.717, 1.165) is 121 Å². The number of aromatic amines is 2. The highest BCUT2D eigenvalue weighted by atomic mass is 16.5. The minimum absolute atomic E-state index is 0.171. The van der Waals surface area contributed by atoms with E-state index in [-0.39, 0.29) is 23.9 Å². The Morgan fingerprint density at radius 3 is 1.88 bits per heavy atom. The van der Waals surface area contributed by atoms with E-state index in [4.69, 9.17) is 9.47 Å². The summed E-state index contributed by atoms with van der Waals surface area (Å²) in [5, 5.41) is 22.4. The number of nitrogens with zero attached hydrogens (tertiary/aromatic N) is 6. The molecule has 0 unspecified atom stereocenters. The molecule has 0 aliphatic heterocycles. The Hall–Kier alpha value is -4.76. The number of carbonyl (C=O) groups is 2. The van der Waals surface area contributed by atoms with E-state index >= 15 is 0 Å². The predicted molar refractivity (Wildman–Crippen MR) is 263 cm³/mol. The number of hydrogen-bond acceptors (Lipinski definition) is 10. The largest absolute Gasteiger partial charge is 0.493 e. The number of hydrogen-bond donors (Lipinski definition) is 4. The standard InChI is InChI=1S/C52H80N10O4/c1-7-61(45-20-16-41(17-21-45)51-43(35-55-57-51)37-59(5)27-25-53-4)49(63)24-30-65-48-15-11-12-40(33-48)34-54-26-28-60(6)38-44-36-56-58-52(44)42-18-22-46(23-19-42)62(50(64)32-39(2)3)29-31-66-47-13-9-8-10-14-47/h8-15,33,35-36,39,41-42,45-46,53-54H,7,16-32,34,37-38H2,1-6H3,(H,55,57)(H,56,58). The molecule has 2 aliphatic rings. The van der Waals surface area contributed by atoms with Crippen LogP contribution in [-0.4, -0.2) is 138 Å². The summed E-state index contributed by atoms with van der Waals surface area (Å²) in [4.78, 5) is 35.7. The number of amides is 2. The smallest absolute Gasteiger partial charge is 0.226 e. The second-order valence-electron chi connectivity index (χ2n) is 19.2. The summed E-state index contributed by atoms with van der Waals surface area (Å²) >= 11 is 0. The van der Waals surface area contributed by atoms with E-state index in [1.54, 1.807) is 0 Å². The molecular weight excluding hydrogens is 829 g/mol. The number of H-pyrrole nitrogens is 2. The summed E-state index contributed by atoms with van der Waals surface area (Å²) in [6, 6.07) is 18.5. The van der Waals surface area contributed by atoms with Crippen LogP contribution in [0.5, 0.6) is 11.5 Å². The molecule has 4 aromatic rings. The van der Waals surface area contributed by atoms with Crippen molar-refractivity contribution in [3.8, 4) is 11.5 Å². The number of aromatic nitrogens is 4. The molecule has 0 atom stereocenters. The van der Waals surface area contributed by atoms with E-state index in [1.807, 2.05) is 61.9 Å². The molecule has 2 heterocycles. The Kier molecular flexibility index (Phi) is 20.4. The van der Waals surface area contributed by atoms with Crippen molar-refractivity contribution in [1.82, 2.24) is 50.6 Å². The quantitative estimate of drug-likeness (QED) is 0.0449. The second kappa shape index (κ2) is 26.5. The van der Waals surface area contributed by atoms with Crippen molar-refractivity contribution in [3.63, 3.8) is 0 Å². The summed E-state index contributed by atoms with van der Waals surface area (Å²) in [7, 11) is 6.30. The maximum Gasteiger partial charge on any atom is 0.226 e. The molecule has 14 heteroatoms. The van der Waals surface area contributed by atoms with Gasteiger partial charge in [-0.25, -0.2) is 0 Å². The number of likely N-dealkylation sites (N-methyl/N-ethyl adjacent to an activating group) is 3. The molecule has 6 rings (SSSR count). The van der Waals surface area contributed by atoms with Gasteiger partial charge < -0.3 is 39.7 Å². The molecule has 2 saturated carbocycles. The highest BCUT2D eigenvalue weighted by molar-refractivity contribution is 5.77. The maximum absolute atomic E-state index is 13.5. The monoisotopic (exact) mass is 909 g/mol. The van der Waals surface area contributed by atoms with Gasteiger partial charge in [-0.3, -0.25) is 19.8 Å². The lowest BCUT2D eigenvalue weighted by atomic mass is 9.82. The van der Waals surface area contributed by atoms with Gasteiger partial charge in [0.2, 0.25) is 11.8 Å². The number of rotatable bonds is 27. The molecule has 2 fully saturated rings. The van der Waals surface area contributed by atoms with Gasteiger partial charge in [0, 0.05) is 105 Å². The average Bonchev–Trinajstić information content (AvgIpc) is 3.99. The SMILES string of the molecule is CCN(C(=O)CCOc1cccc(CNCCN(C)Cc2cn[nH]c2C2CCC(N(CCOc3ccccc3)C(=O)CC(C)C)CC2)c1)C1CCC(c2[nH]ncc2CN(C)CCNC)CC1. The zero-order chi connectivity index (χ0) is 46.7. The molecule has 2 amide bonds. The normalized spacial score (nSPS) is 18.8. The molecule has 14 nitrogen and oxygen atoms in total. The molecule has 0 spiro atoms. The molecule has 0 radical (unpaired) electrons. The predicted octanol–water partition coefficient (Wildman–Crippen LogP) is 7.33. The van der Waals surface area contributed by atoms with Gasteiger partial charge in [-0.05, 0) is 115 Å². The van der Waals surface area contributed by atoms with Crippen molar-refractivity contribution < 1.29 is 19.1 Å². The topological polar surface area (TPSA) is 147 Å². The minimum atomic E-state index is 0.171. The van der Waals surface area contributed by atoms with Gasteiger partial charge in [0.15, 0.2) is 0 Å². The Bertz CT molecular complexity index is 2010. The van der Waals surface area contributed by atoms with Crippen LogP contribution < -0.4 is 20.1 Å². The number of carbonyl (C=O) groups excluding carboxylic acids is 2. The number of para-hydroxylation sites is 1. The van der Waals surface area contributed by atoms with Crippen molar-refractivity contribution in [1.29, 1.82) is 0 Å². The molecular formula is C52H80N10O4. The zero-order valence-electron chi connectivity index (χ0n) is 40.9. The van der Waals surface area contributed by atoms with Crippen molar-refractivity contribution >= 4 is 11.8 Å². The zero-order valence-corrected chi connectivity index (χ0v) is 40.9. The fourth-order valence-corrected chi connectivity index (χ4v) is 10.0. The highest BCUT2D eigenvalue weighted by Crippen LogP contribution is 2.37. The molecule has 4 N–H and O–H groups in total. The van der Waals surface area contributed by atoms with Crippen LogP contribution in [-0.2, 0) is 29.2 Å². The average molecular weight is 909 g/mol. The minimum Gasteiger partial charge on any atom is -0.493 e. The Morgan fingerprint density at radius 2 is 1.29 bits per heavy atom. The maximum atomic E-state index is 13.5. The van der Waals surface area contributed by atoms with Crippen LogP contribution in [0, 0.1) is 5.92 Å². The van der Waals surface area contributed by atoms with Crippen LogP contribution in [0.3, 0.4) is 0 Å². The third-order valence-electron chi connectivity index (χ3n) is 13.6. The second-order valence-corrected chi connectivity index (χ2v) is 19.2. The lowest BCUT2D eigenvalue weighted by Gasteiger charge is -2.37. The lowest BCUT2D eigenvalue weighted by Crippen LogP contribution is -2.44. The van der Waals surface area contributed by atoms with E-state index in [9.17, 15) is 9.59 Å². The summed E-state index contributed by atoms with van der Waals surface area (Å²) in [6.45, 7) is 14.6. The van der Waals surface area contributed by atoms with E-state index < -0.39 is 0 Å². The molecule has 2 aliphatic carbocycles. The van der Waals surface area contributed by atoms with Crippen LogP contribution in [0.4, 0.5) is 0 Å². The van der Waals surface area contributed by atoms with Gasteiger partial charge in [-0.2, -0.15) is 10.2 Å². The first-order chi connectivity index (χ1) is 32.1. The molecule has 0 saturated heterocycles. The first kappa shape index (κ1) is 50.6. The van der Waals surface area contributed by atoms with Gasteiger partial charge >= 0.3 is 0 Å². The van der Waals surface area contributed by atoms with Crippen LogP contribution in [0.15, 0.2) is 67.0 Å². The molecule has 0 bridgehead atoms. The summed E-state index contributed by atoms with van der Waals surface area (Å²) in [5.74, 6) is 3.22. The van der Waals surface area contributed by atoms with Gasteiger partial charge in [0.05, 0.1) is 32.0 Å². The van der Waals surface area contributed by atoms with Gasteiger partial charge in [-0.1, -0.05) is 44.2 Å². The van der Waals surface area contributed by atoms with Crippen LogP contribution >= 0.6 is 0 Å². The number of nitrogens with one attached hydrogen (secondary N) is 4. The van der Waals surface area contributed by atoms with Crippen LogP contribution in [0.2, 0.25) is 0 Å². The Morgan fingerprint density at radius 1 is 0.712 bits per heavy atom. The first-order valence-electron chi connectivity index (χ1n) is 24.9. The van der Waals surface area contributed by atoms with Crippen LogP contribution in [0.25, 0.3) is 0 Å². The highest BCUT2D eigenvalue weighted by Gasteiger charge is 2.32. The van der Waals surface area contributed by atoms with Crippen LogP contribution in [0.1, 0.15) is 125 Å². The first-order valence-corrected chi connectivity index (χ1v) is 24.9. The van der Waals surface area contributed by atoms with Gasteiger partial charge in [0.25, 0.3) is 0 Å². The summed E-state index contributed by atoms with van der Waals surface area (Å²) in [6.07, 6.45) is 13.0.